The third-order valence-electron chi connectivity index (χ3n) is 3.58. The molecule has 0 saturated heterocycles. The Bertz CT molecular complexity index is 534. The Kier molecular flexibility index (Phi) is 5.88. The van der Waals surface area contributed by atoms with Crippen LogP contribution in [0.1, 0.15) is 43.4 Å². The summed E-state index contributed by atoms with van der Waals surface area (Å²) in [7, 11) is 0. The maximum Gasteiger partial charge on any atom is 0.123 e. The number of benzene rings is 2. The van der Waals surface area contributed by atoms with Gasteiger partial charge >= 0.3 is 0 Å². The lowest BCUT2D eigenvalue weighted by Crippen LogP contribution is -2.21. The summed E-state index contributed by atoms with van der Waals surface area (Å²) in [5.41, 5.74) is 2.13. The molecule has 2 rings (SSSR count). The second kappa shape index (κ2) is 7.89. The molecule has 0 fully saturated rings. The molecular formula is C18H21F2N. The molecule has 0 spiro atoms. The van der Waals surface area contributed by atoms with E-state index in [9.17, 15) is 8.78 Å². The number of nitrogens with one attached hydrogen (secondary N) is 1. The molecule has 112 valence electrons. The van der Waals surface area contributed by atoms with E-state index >= 15 is 0 Å². The van der Waals surface area contributed by atoms with Crippen LogP contribution in [0.4, 0.5) is 8.78 Å². The molecule has 3 heteroatoms. The van der Waals surface area contributed by atoms with Crippen molar-refractivity contribution in [3.63, 3.8) is 0 Å². The zero-order valence-electron chi connectivity index (χ0n) is 12.3. The molecule has 1 nitrogen and oxygen atoms in total. The average Bonchev–Trinajstić information content (AvgIpc) is 2.50. The quantitative estimate of drug-likeness (QED) is 0.757. The molecule has 0 aromatic heterocycles. The summed E-state index contributed by atoms with van der Waals surface area (Å²) in [4.78, 5) is 0. The fourth-order valence-electron chi connectivity index (χ4n) is 2.33. The first-order valence-corrected chi connectivity index (χ1v) is 7.42. The van der Waals surface area contributed by atoms with Crippen molar-refractivity contribution in [3.8, 4) is 0 Å². The van der Waals surface area contributed by atoms with Gasteiger partial charge in [0, 0.05) is 12.6 Å². The number of hydrogen-bond acceptors (Lipinski definition) is 1. The van der Waals surface area contributed by atoms with Crippen molar-refractivity contribution < 1.29 is 8.78 Å². The van der Waals surface area contributed by atoms with Crippen LogP contribution in [-0.2, 0) is 6.54 Å². The highest BCUT2D eigenvalue weighted by Crippen LogP contribution is 2.20. The molecule has 1 unspecified atom stereocenters. The third kappa shape index (κ3) is 4.94. The summed E-state index contributed by atoms with van der Waals surface area (Å²) < 4.78 is 25.9. The highest BCUT2D eigenvalue weighted by Gasteiger charge is 2.10. The zero-order valence-corrected chi connectivity index (χ0v) is 12.3. The second-order valence-electron chi connectivity index (χ2n) is 5.25. The van der Waals surface area contributed by atoms with Crippen LogP contribution in [0, 0.1) is 11.6 Å². The molecule has 0 saturated carbocycles. The van der Waals surface area contributed by atoms with Gasteiger partial charge in [-0.3, -0.25) is 0 Å². The van der Waals surface area contributed by atoms with Gasteiger partial charge in [0.25, 0.3) is 0 Å². The van der Waals surface area contributed by atoms with E-state index in [2.05, 4.69) is 12.2 Å². The molecule has 0 aliphatic heterocycles. The minimum absolute atomic E-state index is 0.190. The summed E-state index contributed by atoms with van der Waals surface area (Å²) >= 11 is 0. The average molecular weight is 289 g/mol. The molecule has 21 heavy (non-hydrogen) atoms. The van der Waals surface area contributed by atoms with Crippen LogP contribution in [0.5, 0.6) is 0 Å². The van der Waals surface area contributed by atoms with Crippen molar-refractivity contribution >= 4 is 0 Å². The minimum Gasteiger partial charge on any atom is -0.306 e. The van der Waals surface area contributed by atoms with Crippen LogP contribution in [0.25, 0.3) is 0 Å². The van der Waals surface area contributed by atoms with Gasteiger partial charge in [-0.1, -0.05) is 44.0 Å². The number of hydrogen-bond donors (Lipinski definition) is 1. The normalized spacial score (nSPS) is 12.3. The van der Waals surface area contributed by atoms with E-state index in [0.29, 0.717) is 6.54 Å². The molecule has 1 atom stereocenters. The van der Waals surface area contributed by atoms with Gasteiger partial charge in [0.15, 0.2) is 0 Å². The smallest absolute Gasteiger partial charge is 0.123 e. The van der Waals surface area contributed by atoms with Crippen LogP contribution >= 0.6 is 0 Å². The van der Waals surface area contributed by atoms with E-state index in [1.54, 1.807) is 12.1 Å². The maximum atomic E-state index is 13.0. The van der Waals surface area contributed by atoms with Crippen molar-refractivity contribution in [3.05, 3.63) is 71.3 Å². The number of rotatable bonds is 7. The highest BCUT2D eigenvalue weighted by molar-refractivity contribution is 5.21. The highest BCUT2D eigenvalue weighted by atomic mass is 19.1. The molecule has 0 amide bonds. The molecule has 0 heterocycles. The molecule has 0 radical (unpaired) electrons. The SMILES string of the molecule is CCCCC(NCc1ccc(F)cc1)c1ccc(F)cc1. The van der Waals surface area contributed by atoms with Crippen LogP contribution in [0.3, 0.4) is 0 Å². The van der Waals surface area contributed by atoms with Gasteiger partial charge < -0.3 is 5.32 Å². The summed E-state index contributed by atoms with van der Waals surface area (Å²) in [6.07, 6.45) is 3.23. The van der Waals surface area contributed by atoms with Crippen LogP contribution in [-0.4, -0.2) is 0 Å². The topological polar surface area (TPSA) is 12.0 Å². The Morgan fingerprint density at radius 1 is 0.905 bits per heavy atom. The summed E-state index contributed by atoms with van der Waals surface area (Å²) in [6.45, 7) is 2.83. The van der Waals surface area contributed by atoms with Crippen molar-refractivity contribution in [2.75, 3.05) is 0 Å². The van der Waals surface area contributed by atoms with E-state index < -0.39 is 0 Å². The molecule has 1 N–H and O–H groups in total. The first-order chi connectivity index (χ1) is 10.2. The first kappa shape index (κ1) is 15.6. The van der Waals surface area contributed by atoms with Crippen LogP contribution in [0.2, 0.25) is 0 Å². The Hall–Kier alpha value is -1.74. The molecule has 2 aromatic rings. The molecule has 2 aromatic carbocycles. The van der Waals surface area contributed by atoms with Gasteiger partial charge in [-0.25, -0.2) is 8.78 Å². The summed E-state index contributed by atoms with van der Waals surface area (Å²) in [5, 5.41) is 3.48. The standard InChI is InChI=1S/C18H21F2N/c1-2-3-4-18(15-7-11-17(20)12-8-15)21-13-14-5-9-16(19)10-6-14/h5-12,18,21H,2-4,13H2,1H3. The van der Waals surface area contributed by atoms with Crippen LogP contribution < -0.4 is 5.32 Å². The minimum atomic E-state index is -0.222. The first-order valence-electron chi connectivity index (χ1n) is 7.42. The van der Waals surface area contributed by atoms with Gasteiger partial charge in [0.05, 0.1) is 0 Å². The Morgan fingerprint density at radius 3 is 2.05 bits per heavy atom. The number of unbranched alkanes of at least 4 members (excludes halogenated alkanes) is 1. The lowest BCUT2D eigenvalue weighted by molar-refractivity contribution is 0.479. The van der Waals surface area contributed by atoms with Crippen LogP contribution in [0.15, 0.2) is 48.5 Å². The third-order valence-corrected chi connectivity index (χ3v) is 3.58. The Labute approximate surface area is 125 Å². The van der Waals surface area contributed by atoms with E-state index in [0.717, 1.165) is 30.4 Å². The van der Waals surface area contributed by atoms with E-state index in [4.69, 9.17) is 0 Å². The van der Waals surface area contributed by atoms with Gasteiger partial charge in [0.1, 0.15) is 11.6 Å². The lowest BCUT2D eigenvalue weighted by Gasteiger charge is -2.19. The predicted octanol–water partition coefficient (Wildman–Crippen LogP) is 4.99. The van der Waals surface area contributed by atoms with Crippen molar-refractivity contribution in [1.82, 2.24) is 5.32 Å². The number of halogens is 2. The zero-order chi connectivity index (χ0) is 15.1. The van der Waals surface area contributed by atoms with E-state index in [1.807, 2.05) is 12.1 Å². The maximum absolute atomic E-state index is 13.0. The van der Waals surface area contributed by atoms with Crippen molar-refractivity contribution in [2.45, 2.75) is 38.8 Å². The van der Waals surface area contributed by atoms with Crippen molar-refractivity contribution in [1.29, 1.82) is 0 Å². The largest absolute Gasteiger partial charge is 0.306 e. The Balaban J connectivity index is 2.02. The van der Waals surface area contributed by atoms with Gasteiger partial charge in [-0.15, -0.1) is 0 Å². The second-order valence-corrected chi connectivity index (χ2v) is 5.25. The fourth-order valence-corrected chi connectivity index (χ4v) is 2.33. The molecule has 0 aliphatic carbocycles. The summed E-state index contributed by atoms with van der Waals surface area (Å²) in [5.74, 6) is -0.439. The Morgan fingerprint density at radius 2 is 1.48 bits per heavy atom. The van der Waals surface area contributed by atoms with Gasteiger partial charge in [0.2, 0.25) is 0 Å². The lowest BCUT2D eigenvalue weighted by atomic mass is 10.0. The molecule has 0 bridgehead atoms. The molecule has 0 aliphatic rings. The summed E-state index contributed by atoms with van der Waals surface area (Å²) in [6, 6.07) is 13.3. The fraction of sp³-hybridized carbons (Fsp3) is 0.333. The monoisotopic (exact) mass is 289 g/mol. The van der Waals surface area contributed by atoms with E-state index in [1.165, 1.54) is 24.3 Å². The van der Waals surface area contributed by atoms with Gasteiger partial charge in [-0.2, -0.15) is 0 Å². The molecular weight excluding hydrogens is 268 g/mol. The predicted molar refractivity (Wildman–Crippen MR) is 81.9 cm³/mol. The van der Waals surface area contributed by atoms with E-state index in [-0.39, 0.29) is 17.7 Å². The van der Waals surface area contributed by atoms with Gasteiger partial charge in [-0.05, 0) is 41.8 Å². The van der Waals surface area contributed by atoms with Crippen molar-refractivity contribution in [2.24, 2.45) is 0 Å².